The predicted molar refractivity (Wildman–Crippen MR) is 78.4 cm³/mol. The summed E-state index contributed by atoms with van der Waals surface area (Å²) in [6.07, 6.45) is 0.648. The minimum atomic E-state index is -0.240. The molecular formula is C15H14Cl2FN. The highest BCUT2D eigenvalue weighted by Gasteiger charge is 2.14. The number of benzene rings is 2. The van der Waals surface area contributed by atoms with Crippen molar-refractivity contribution in [2.24, 2.45) is 5.73 Å². The molecule has 0 fully saturated rings. The summed E-state index contributed by atoms with van der Waals surface area (Å²) in [6.45, 7) is 0.442. The van der Waals surface area contributed by atoms with E-state index in [2.05, 4.69) is 0 Å². The quantitative estimate of drug-likeness (QED) is 0.888. The lowest BCUT2D eigenvalue weighted by molar-refractivity contribution is 0.621. The molecule has 0 bridgehead atoms. The Labute approximate surface area is 122 Å². The second-order valence-corrected chi connectivity index (χ2v) is 5.28. The van der Waals surface area contributed by atoms with Crippen molar-refractivity contribution in [3.8, 4) is 0 Å². The first-order valence-electron chi connectivity index (χ1n) is 5.99. The lowest BCUT2D eigenvalue weighted by Crippen LogP contribution is -2.15. The Morgan fingerprint density at radius 2 is 1.89 bits per heavy atom. The van der Waals surface area contributed by atoms with Gasteiger partial charge in [-0.05, 0) is 48.4 Å². The lowest BCUT2D eigenvalue weighted by atomic mass is 9.92. The summed E-state index contributed by atoms with van der Waals surface area (Å²) in [6, 6.07) is 11.9. The molecule has 0 aromatic heterocycles. The molecule has 0 amide bonds. The number of hydrogen-bond acceptors (Lipinski definition) is 1. The van der Waals surface area contributed by atoms with Crippen molar-refractivity contribution in [1.29, 1.82) is 0 Å². The van der Waals surface area contributed by atoms with Crippen LogP contribution in [-0.2, 0) is 6.42 Å². The highest BCUT2D eigenvalue weighted by atomic mass is 35.5. The average molecular weight is 298 g/mol. The number of halogens is 3. The molecule has 1 nitrogen and oxygen atoms in total. The lowest BCUT2D eigenvalue weighted by Gasteiger charge is -2.17. The molecule has 1 unspecified atom stereocenters. The molecule has 1 atom stereocenters. The van der Waals surface area contributed by atoms with Gasteiger partial charge in [-0.25, -0.2) is 4.39 Å². The van der Waals surface area contributed by atoms with Gasteiger partial charge in [0.1, 0.15) is 5.82 Å². The van der Waals surface area contributed by atoms with Gasteiger partial charge in [0.25, 0.3) is 0 Å². The number of hydrogen-bond donors (Lipinski definition) is 1. The van der Waals surface area contributed by atoms with Crippen LogP contribution >= 0.6 is 23.2 Å². The van der Waals surface area contributed by atoms with Crippen LogP contribution in [-0.4, -0.2) is 6.54 Å². The molecule has 4 heteroatoms. The zero-order valence-corrected chi connectivity index (χ0v) is 11.8. The van der Waals surface area contributed by atoms with Crippen molar-refractivity contribution in [2.75, 3.05) is 6.54 Å². The summed E-state index contributed by atoms with van der Waals surface area (Å²) in [5, 5.41) is 1.19. The van der Waals surface area contributed by atoms with Crippen LogP contribution in [0.2, 0.25) is 10.0 Å². The molecule has 2 N–H and O–H groups in total. The van der Waals surface area contributed by atoms with Gasteiger partial charge in [0.2, 0.25) is 0 Å². The van der Waals surface area contributed by atoms with Gasteiger partial charge < -0.3 is 5.73 Å². The van der Waals surface area contributed by atoms with Crippen LogP contribution in [0.25, 0.3) is 0 Å². The third-order valence-electron chi connectivity index (χ3n) is 3.06. The van der Waals surface area contributed by atoms with E-state index >= 15 is 0 Å². The fourth-order valence-electron chi connectivity index (χ4n) is 2.10. The van der Waals surface area contributed by atoms with Crippen LogP contribution in [0, 0.1) is 5.82 Å². The van der Waals surface area contributed by atoms with Crippen LogP contribution in [0.5, 0.6) is 0 Å². The Bertz CT molecular complexity index is 572. The van der Waals surface area contributed by atoms with Gasteiger partial charge in [-0.3, -0.25) is 0 Å². The molecule has 19 heavy (non-hydrogen) atoms. The Morgan fingerprint density at radius 1 is 1.11 bits per heavy atom. The van der Waals surface area contributed by atoms with Gasteiger partial charge in [-0.1, -0.05) is 41.4 Å². The Hall–Kier alpha value is -1.09. The largest absolute Gasteiger partial charge is 0.330 e. The molecule has 0 aliphatic rings. The first-order valence-corrected chi connectivity index (χ1v) is 6.75. The van der Waals surface area contributed by atoms with Crippen molar-refractivity contribution in [1.82, 2.24) is 0 Å². The predicted octanol–water partition coefficient (Wildman–Crippen LogP) is 4.42. The maximum Gasteiger partial charge on any atom is 0.123 e. The Kier molecular flexibility index (Phi) is 4.81. The van der Waals surface area contributed by atoms with Crippen molar-refractivity contribution in [3.63, 3.8) is 0 Å². The molecule has 2 rings (SSSR count). The van der Waals surface area contributed by atoms with Crippen LogP contribution in [0.4, 0.5) is 4.39 Å². The minimum absolute atomic E-state index is 0.0477. The first kappa shape index (κ1) is 14.3. The molecule has 0 aliphatic carbocycles. The molecule has 2 aromatic rings. The molecule has 0 spiro atoms. The van der Waals surface area contributed by atoms with Crippen molar-refractivity contribution >= 4 is 23.2 Å². The maximum absolute atomic E-state index is 13.2. The first-order chi connectivity index (χ1) is 9.10. The summed E-state index contributed by atoms with van der Waals surface area (Å²) in [4.78, 5) is 0. The normalized spacial score (nSPS) is 12.4. The maximum atomic E-state index is 13.2. The van der Waals surface area contributed by atoms with Crippen molar-refractivity contribution in [2.45, 2.75) is 12.3 Å². The molecule has 100 valence electrons. The van der Waals surface area contributed by atoms with E-state index in [1.807, 2.05) is 12.1 Å². The highest BCUT2D eigenvalue weighted by molar-refractivity contribution is 6.35. The highest BCUT2D eigenvalue weighted by Crippen LogP contribution is 2.29. The van der Waals surface area contributed by atoms with E-state index in [4.69, 9.17) is 28.9 Å². The smallest absolute Gasteiger partial charge is 0.123 e. The monoisotopic (exact) mass is 297 g/mol. The SMILES string of the molecule is NCC(Cc1cccc(F)c1)c1ccc(Cl)cc1Cl. The molecule has 0 aliphatic heterocycles. The van der Waals surface area contributed by atoms with Gasteiger partial charge in [-0.2, -0.15) is 0 Å². The van der Waals surface area contributed by atoms with E-state index in [1.165, 1.54) is 12.1 Å². The molecule has 0 saturated heterocycles. The zero-order valence-electron chi connectivity index (χ0n) is 10.2. The second kappa shape index (κ2) is 6.38. The van der Waals surface area contributed by atoms with Crippen LogP contribution in [0.1, 0.15) is 17.0 Å². The Balaban J connectivity index is 2.25. The van der Waals surface area contributed by atoms with E-state index in [0.29, 0.717) is 23.0 Å². The molecule has 2 aromatic carbocycles. The van der Waals surface area contributed by atoms with E-state index in [0.717, 1.165) is 11.1 Å². The average Bonchev–Trinajstić information content (AvgIpc) is 2.37. The van der Waals surface area contributed by atoms with E-state index in [1.54, 1.807) is 18.2 Å². The summed E-state index contributed by atoms with van der Waals surface area (Å²) in [5.41, 5.74) is 7.66. The van der Waals surface area contributed by atoms with Gasteiger partial charge in [0.15, 0.2) is 0 Å². The van der Waals surface area contributed by atoms with E-state index < -0.39 is 0 Å². The topological polar surface area (TPSA) is 26.0 Å². The molecule has 0 heterocycles. The van der Waals surface area contributed by atoms with Gasteiger partial charge in [0.05, 0.1) is 0 Å². The van der Waals surface area contributed by atoms with Crippen LogP contribution < -0.4 is 5.73 Å². The summed E-state index contributed by atoms with van der Waals surface area (Å²) >= 11 is 12.1. The van der Waals surface area contributed by atoms with Gasteiger partial charge in [-0.15, -0.1) is 0 Å². The molecule has 0 saturated carbocycles. The van der Waals surface area contributed by atoms with Crippen LogP contribution in [0.3, 0.4) is 0 Å². The van der Waals surface area contributed by atoms with Crippen LogP contribution in [0.15, 0.2) is 42.5 Å². The summed E-state index contributed by atoms with van der Waals surface area (Å²) in [7, 11) is 0. The fourth-order valence-corrected chi connectivity index (χ4v) is 2.66. The van der Waals surface area contributed by atoms with Gasteiger partial charge >= 0.3 is 0 Å². The molecule has 0 radical (unpaired) electrons. The van der Waals surface area contributed by atoms with Crippen molar-refractivity contribution < 1.29 is 4.39 Å². The molecular weight excluding hydrogens is 284 g/mol. The van der Waals surface area contributed by atoms with Gasteiger partial charge in [0, 0.05) is 16.0 Å². The number of nitrogens with two attached hydrogens (primary N) is 1. The standard InChI is InChI=1S/C15H14Cl2FN/c16-12-4-5-14(15(17)8-12)11(9-19)6-10-2-1-3-13(18)7-10/h1-5,7-8,11H,6,9,19H2. The number of rotatable bonds is 4. The third kappa shape index (κ3) is 3.69. The van der Waals surface area contributed by atoms with E-state index in [-0.39, 0.29) is 11.7 Å². The zero-order chi connectivity index (χ0) is 13.8. The second-order valence-electron chi connectivity index (χ2n) is 4.43. The summed E-state index contributed by atoms with van der Waals surface area (Å²) in [5.74, 6) is -0.193. The van der Waals surface area contributed by atoms with E-state index in [9.17, 15) is 4.39 Å². The fraction of sp³-hybridized carbons (Fsp3) is 0.200. The summed E-state index contributed by atoms with van der Waals surface area (Å²) < 4.78 is 13.2. The van der Waals surface area contributed by atoms with Crippen molar-refractivity contribution in [3.05, 3.63) is 69.5 Å². The third-order valence-corrected chi connectivity index (χ3v) is 3.62. The Morgan fingerprint density at radius 3 is 2.53 bits per heavy atom. The minimum Gasteiger partial charge on any atom is -0.330 e.